The first kappa shape index (κ1) is 23.4. The first-order valence-electron chi connectivity index (χ1n) is 9.82. The smallest absolute Gasteiger partial charge is 0.408 e. The molecule has 0 unspecified atom stereocenters. The molecule has 0 aliphatic rings. The topological polar surface area (TPSA) is 129 Å². The zero-order chi connectivity index (χ0) is 22.6. The number of hydrogen-bond donors (Lipinski definition) is 3. The fourth-order valence-corrected chi connectivity index (χ4v) is 2.93. The highest BCUT2D eigenvalue weighted by molar-refractivity contribution is 5.89. The number of ether oxygens (including phenoxy) is 1. The van der Waals surface area contributed by atoms with Crippen LogP contribution in [0.1, 0.15) is 24.5 Å². The maximum atomic E-state index is 12.9. The summed E-state index contributed by atoms with van der Waals surface area (Å²) >= 11 is 0. The van der Waals surface area contributed by atoms with Gasteiger partial charge in [0.25, 0.3) is 0 Å². The van der Waals surface area contributed by atoms with Gasteiger partial charge in [-0.2, -0.15) is 5.26 Å². The summed E-state index contributed by atoms with van der Waals surface area (Å²) < 4.78 is 5.20. The number of alkyl carbamates (subject to hydrolysis) is 1. The van der Waals surface area contributed by atoms with E-state index in [2.05, 4.69) is 10.6 Å². The van der Waals surface area contributed by atoms with Crippen LogP contribution in [0.2, 0.25) is 0 Å². The lowest BCUT2D eigenvalue weighted by molar-refractivity contribution is -0.143. The van der Waals surface area contributed by atoms with E-state index in [-0.39, 0.29) is 19.4 Å². The molecule has 0 aliphatic carbocycles. The van der Waals surface area contributed by atoms with E-state index in [0.717, 1.165) is 11.1 Å². The van der Waals surface area contributed by atoms with Crippen molar-refractivity contribution in [2.24, 2.45) is 5.92 Å². The van der Waals surface area contributed by atoms with Crippen LogP contribution in [-0.4, -0.2) is 35.2 Å². The number of nitriles is 1. The van der Waals surface area contributed by atoms with Crippen LogP contribution in [0.15, 0.2) is 60.7 Å². The summed E-state index contributed by atoms with van der Waals surface area (Å²) in [5, 5.41) is 23.3. The molecule has 0 fully saturated rings. The standard InChI is InChI=1S/C23H25N3O5/c1-16(12-13-24)20(22(28)29)26-21(27)19(14-17-8-4-2-5-9-17)25-23(30)31-15-18-10-6-3-7-11-18/h2-11,16,19-20H,12,14-15H2,1H3,(H,25,30)(H,26,27)(H,28,29)/t16-,19+,20-/m1/s1. The van der Waals surface area contributed by atoms with Crippen LogP contribution in [0.25, 0.3) is 0 Å². The molecule has 0 saturated heterocycles. The molecule has 0 aliphatic heterocycles. The van der Waals surface area contributed by atoms with Gasteiger partial charge in [0, 0.05) is 18.8 Å². The maximum absolute atomic E-state index is 12.9. The maximum Gasteiger partial charge on any atom is 0.408 e. The Morgan fingerprint density at radius 2 is 1.58 bits per heavy atom. The van der Waals surface area contributed by atoms with Gasteiger partial charge in [0.05, 0.1) is 6.07 Å². The van der Waals surface area contributed by atoms with E-state index < -0.39 is 36.0 Å². The number of carboxylic acid groups (broad SMARTS) is 1. The Hall–Kier alpha value is -3.86. The number of hydrogen-bond acceptors (Lipinski definition) is 5. The Morgan fingerprint density at radius 3 is 2.13 bits per heavy atom. The van der Waals surface area contributed by atoms with E-state index in [0.29, 0.717) is 0 Å². The van der Waals surface area contributed by atoms with Crippen LogP contribution in [0, 0.1) is 17.2 Å². The van der Waals surface area contributed by atoms with Crippen molar-refractivity contribution in [3.8, 4) is 6.07 Å². The summed E-state index contributed by atoms with van der Waals surface area (Å²) in [5.41, 5.74) is 1.57. The minimum Gasteiger partial charge on any atom is -0.480 e. The van der Waals surface area contributed by atoms with Crippen molar-refractivity contribution < 1.29 is 24.2 Å². The van der Waals surface area contributed by atoms with Crippen LogP contribution >= 0.6 is 0 Å². The molecule has 31 heavy (non-hydrogen) atoms. The molecule has 0 spiro atoms. The summed E-state index contributed by atoms with van der Waals surface area (Å²) in [6.45, 7) is 1.60. The number of benzene rings is 2. The summed E-state index contributed by atoms with van der Waals surface area (Å²) in [5.74, 6) is -2.52. The van der Waals surface area contributed by atoms with Gasteiger partial charge in [-0.05, 0) is 11.1 Å². The van der Waals surface area contributed by atoms with Gasteiger partial charge in [-0.3, -0.25) is 4.79 Å². The molecule has 8 heteroatoms. The number of amides is 2. The number of rotatable bonds is 10. The van der Waals surface area contributed by atoms with Crippen LogP contribution in [0.4, 0.5) is 4.79 Å². The van der Waals surface area contributed by atoms with Crippen molar-refractivity contribution in [3.63, 3.8) is 0 Å². The molecular formula is C23H25N3O5. The highest BCUT2D eigenvalue weighted by atomic mass is 16.5. The van der Waals surface area contributed by atoms with Gasteiger partial charge >= 0.3 is 12.1 Å². The van der Waals surface area contributed by atoms with Gasteiger partial charge in [-0.25, -0.2) is 9.59 Å². The SMILES string of the molecule is C[C@H](CC#N)[C@@H](NC(=O)[C@H](Cc1ccccc1)NC(=O)OCc1ccccc1)C(=O)O. The second kappa shape index (κ2) is 12.0. The van der Waals surface area contributed by atoms with Gasteiger partial charge in [0.15, 0.2) is 0 Å². The van der Waals surface area contributed by atoms with Gasteiger partial charge in [0.2, 0.25) is 5.91 Å². The Labute approximate surface area is 180 Å². The molecule has 0 saturated carbocycles. The minimum atomic E-state index is -1.26. The van der Waals surface area contributed by atoms with E-state index in [1.165, 1.54) is 0 Å². The Kier molecular flexibility index (Phi) is 9.05. The van der Waals surface area contributed by atoms with Gasteiger partial charge in [0.1, 0.15) is 18.7 Å². The van der Waals surface area contributed by atoms with Crippen molar-refractivity contribution >= 4 is 18.0 Å². The second-order valence-corrected chi connectivity index (χ2v) is 7.11. The van der Waals surface area contributed by atoms with E-state index in [1.54, 1.807) is 43.3 Å². The molecule has 8 nitrogen and oxygen atoms in total. The lowest BCUT2D eigenvalue weighted by Gasteiger charge is -2.24. The summed E-state index contributed by atoms with van der Waals surface area (Å²) in [7, 11) is 0. The summed E-state index contributed by atoms with van der Waals surface area (Å²) in [6.07, 6.45) is -0.684. The first-order chi connectivity index (χ1) is 14.9. The highest BCUT2D eigenvalue weighted by Crippen LogP contribution is 2.10. The van der Waals surface area contributed by atoms with Gasteiger partial charge in [-0.1, -0.05) is 67.6 Å². The average molecular weight is 423 g/mol. The fourth-order valence-electron chi connectivity index (χ4n) is 2.93. The number of carbonyl (C=O) groups is 3. The van der Waals surface area contributed by atoms with Crippen molar-refractivity contribution in [1.29, 1.82) is 5.26 Å². The molecule has 3 N–H and O–H groups in total. The minimum absolute atomic E-state index is 0.0311. The third kappa shape index (κ3) is 7.82. The van der Waals surface area contributed by atoms with E-state index in [4.69, 9.17) is 10.00 Å². The number of nitrogens with zero attached hydrogens (tertiary/aromatic N) is 1. The predicted octanol–water partition coefficient (Wildman–Crippen LogP) is 2.64. The molecule has 0 aromatic heterocycles. The van der Waals surface area contributed by atoms with E-state index in [9.17, 15) is 19.5 Å². The van der Waals surface area contributed by atoms with Crippen LogP contribution in [0.5, 0.6) is 0 Å². The molecule has 162 valence electrons. The quantitative estimate of drug-likeness (QED) is 0.539. The van der Waals surface area contributed by atoms with Crippen LogP contribution in [-0.2, 0) is 27.4 Å². The highest BCUT2D eigenvalue weighted by Gasteiger charge is 2.30. The summed E-state index contributed by atoms with van der Waals surface area (Å²) in [4.78, 5) is 36.7. The molecule has 3 atom stereocenters. The van der Waals surface area contributed by atoms with Crippen LogP contribution in [0.3, 0.4) is 0 Å². The molecule has 0 radical (unpaired) electrons. The average Bonchev–Trinajstić information content (AvgIpc) is 2.76. The zero-order valence-electron chi connectivity index (χ0n) is 17.2. The Bertz CT molecular complexity index is 912. The molecular weight excluding hydrogens is 398 g/mol. The fraction of sp³-hybridized carbons (Fsp3) is 0.304. The van der Waals surface area contributed by atoms with E-state index in [1.807, 2.05) is 30.3 Å². The molecule has 2 aromatic carbocycles. The number of carboxylic acids is 1. The predicted molar refractivity (Wildman–Crippen MR) is 113 cm³/mol. The molecule has 0 bridgehead atoms. The van der Waals surface area contributed by atoms with Gasteiger partial charge in [-0.15, -0.1) is 0 Å². The molecule has 2 rings (SSSR count). The normalized spacial score (nSPS) is 13.2. The van der Waals surface area contributed by atoms with Crippen molar-refractivity contribution in [2.45, 2.75) is 38.5 Å². The van der Waals surface area contributed by atoms with Crippen molar-refractivity contribution in [2.75, 3.05) is 0 Å². The Balaban J connectivity index is 2.09. The monoisotopic (exact) mass is 423 g/mol. The van der Waals surface area contributed by atoms with Gasteiger partial charge < -0.3 is 20.5 Å². The summed E-state index contributed by atoms with van der Waals surface area (Å²) in [6, 6.07) is 17.7. The van der Waals surface area contributed by atoms with E-state index >= 15 is 0 Å². The number of aliphatic carboxylic acids is 1. The third-order valence-corrected chi connectivity index (χ3v) is 4.65. The third-order valence-electron chi connectivity index (χ3n) is 4.65. The van der Waals surface area contributed by atoms with Crippen LogP contribution < -0.4 is 10.6 Å². The zero-order valence-corrected chi connectivity index (χ0v) is 17.2. The molecule has 2 aromatic rings. The lowest BCUT2D eigenvalue weighted by atomic mass is 9.98. The lowest BCUT2D eigenvalue weighted by Crippen LogP contribution is -2.54. The Morgan fingerprint density at radius 1 is 1.00 bits per heavy atom. The largest absolute Gasteiger partial charge is 0.480 e. The number of nitrogens with one attached hydrogen (secondary N) is 2. The first-order valence-corrected chi connectivity index (χ1v) is 9.82. The molecule has 0 heterocycles. The van der Waals surface area contributed by atoms with Crippen molar-refractivity contribution in [1.82, 2.24) is 10.6 Å². The second-order valence-electron chi connectivity index (χ2n) is 7.11. The molecule has 2 amide bonds. The van der Waals surface area contributed by atoms with Crippen molar-refractivity contribution in [3.05, 3.63) is 71.8 Å². The number of carbonyl (C=O) groups excluding carboxylic acids is 2.